The zero-order valence-electron chi connectivity index (χ0n) is 22.3. The number of carbonyl (C=O) groups excluding carboxylic acids is 2. The number of benzene rings is 2. The normalized spacial score (nSPS) is 11.4. The molecular weight excluding hydrogens is 556 g/mol. The molecule has 0 N–H and O–H groups in total. The molecule has 2 aromatic carbocycles. The Bertz CT molecular complexity index is 1660. The van der Waals surface area contributed by atoms with E-state index in [1.54, 1.807) is 51.1 Å². The lowest BCUT2D eigenvalue weighted by Gasteiger charge is -2.28. The maximum absolute atomic E-state index is 14.0. The lowest BCUT2D eigenvalue weighted by Crippen LogP contribution is -2.33. The molecule has 0 saturated heterocycles. The first-order valence-corrected chi connectivity index (χ1v) is 14.4. The van der Waals surface area contributed by atoms with E-state index in [-0.39, 0.29) is 42.8 Å². The van der Waals surface area contributed by atoms with Gasteiger partial charge in [0.25, 0.3) is 10.0 Å². The van der Waals surface area contributed by atoms with Gasteiger partial charge in [-0.15, -0.1) is 0 Å². The monoisotopic (exact) mass is 584 g/mol. The Morgan fingerprint density at radius 3 is 2.52 bits per heavy atom. The molecule has 9 nitrogen and oxygen atoms in total. The summed E-state index contributed by atoms with van der Waals surface area (Å²) in [4.78, 5) is 26.5. The first-order valence-electron chi connectivity index (χ1n) is 12.6. The van der Waals surface area contributed by atoms with Gasteiger partial charge in [0.2, 0.25) is 11.7 Å². The summed E-state index contributed by atoms with van der Waals surface area (Å²) >= 11 is 6.31. The van der Waals surface area contributed by atoms with E-state index in [4.69, 9.17) is 25.2 Å². The van der Waals surface area contributed by atoms with Gasteiger partial charge in [-0.1, -0.05) is 18.2 Å². The van der Waals surface area contributed by atoms with E-state index >= 15 is 0 Å². The molecule has 11 heteroatoms. The van der Waals surface area contributed by atoms with Crippen molar-refractivity contribution in [1.82, 2.24) is 4.90 Å². The van der Waals surface area contributed by atoms with E-state index < -0.39 is 16.0 Å². The van der Waals surface area contributed by atoms with Gasteiger partial charge in [-0.05, 0) is 80.9 Å². The molecule has 0 aliphatic carbocycles. The topological polar surface area (TPSA) is 110 Å². The largest absolute Gasteiger partial charge is 0.467 e. The van der Waals surface area contributed by atoms with Crippen LogP contribution in [0, 0.1) is 6.92 Å². The van der Waals surface area contributed by atoms with Crippen LogP contribution in [0.25, 0.3) is 11.0 Å². The van der Waals surface area contributed by atoms with Crippen molar-refractivity contribution in [3.63, 3.8) is 0 Å². The highest BCUT2D eigenvalue weighted by Gasteiger charge is 2.28. The molecule has 210 valence electrons. The number of nitrogens with zero attached hydrogens (tertiary/aromatic N) is 2. The Morgan fingerprint density at radius 1 is 1.10 bits per heavy atom. The number of rotatable bonds is 11. The van der Waals surface area contributed by atoms with Crippen LogP contribution < -0.4 is 4.31 Å². The van der Waals surface area contributed by atoms with Crippen molar-refractivity contribution in [2.45, 2.75) is 38.8 Å². The average molecular weight is 585 g/mol. The zero-order chi connectivity index (χ0) is 29.0. The minimum absolute atomic E-state index is 0.0108. The summed E-state index contributed by atoms with van der Waals surface area (Å²) < 4.78 is 45.3. The highest BCUT2D eigenvalue weighted by molar-refractivity contribution is 7.92. The number of fused-ring (bicyclic) bond motifs is 1. The molecule has 1 amide bonds. The van der Waals surface area contributed by atoms with Crippen molar-refractivity contribution in [2.24, 2.45) is 0 Å². The van der Waals surface area contributed by atoms with Gasteiger partial charge in [0, 0.05) is 29.1 Å². The molecule has 40 heavy (non-hydrogen) atoms. The fraction of sp³-hybridized carbons (Fsp3) is 0.241. The number of halogens is 1. The Morgan fingerprint density at radius 2 is 1.88 bits per heavy atom. The van der Waals surface area contributed by atoms with Gasteiger partial charge in [-0.2, -0.15) is 0 Å². The van der Waals surface area contributed by atoms with Gasteiger partial charge in [0.05, 0.1) is 30.0 Å². The van der Waals surface area contributed by atoms with Crippen molar-refractivity contribution in [1.29, 1.82) is 0 Å². The molecule has 0 saturated carbocycles. The van der Waals surface area contributed by atoms with E-state index in [1.807, 2.05) is 0 Å². The van der Waals surface area contributed by atoms with Gasteiger partial charge in [0.1, 0.15) is 11.3 Å². The standard InChI is InChI=1S/C29H29ClN2O7S/c1-5-27(33)31(18-22-9-8-14-38-22)17-20-15-21(30)10-12-25(20)32(6-2)40(35,36)23-11-13-26-24(16-23)19(4)28(39-26)29(34)37-7-3/h5,8-16H,1,6-7,17-18H2,2-4H3. The summed E-state index contributed by atoms with van der Waals surface area (Å²) in [5.41, 5.74) is 1.73. The van der Waals surface area contributed by atoms with Crippen molar-refractivity contribution < 1.29 is 31.6 Å². The maximum Gasteiger partial charge on any atom is 0.374 e. The Hall–Kier alpha value is -4.02. The molecule has 0 aliphatic heterocycles. The van der Waals surface area contributed by atoms with Gasteiger partial charge in [-0.3, -0.25) is 9.10 Å². The van der Waals surface area contributed by atoms with E-state index in [1.165, 1.54) is 39.7 Å². The molecule has 0 spiro atoms. The van der Waals surface area contributed by atoms with Gasteiger partial charge >= 0.3 is 5.97 Å². The summed E-state index contributed by atoms with van der Waals surface area (Å²) in [6, 6.07) is 12.7. The summed E-state index contributed by atoms with van der Waals surface area (Å²) in [5.74, 6) is -0.381. The number of ether oxygens (including phenoxy) is 1. The number of sulfonamides is 1. The molecule has 0 aliphatic rings. The predicted molar refractivity (Wildman–Crippen MR) is 152 cm³/mol. The van der Waals surface area contributed by atoms with Crippen molar-refractivity contribution >= 4 is 50.2 Å². The van der Waals surface area contributed by atoms with Crippen LogP contribution in [-0.2, 0) is 32.6 Å². The molecule has 4 rings (SSSR count). The van der Waals surface area contributed by atoms with Crippen molar-refractivity contribution in [3.8, 4) is 0 Å². The molecular formula is C29H29ClN2O7S. The third-order valence-electron chi connectivity index (χ3n) is 6.33. The summed E-state index contributed by atoms with van der Waals surface area (Å²) in [6.45, 7) is 9.15. The molecule has 0 atom stereocenters. The highest BCUT2D eigenvalue weighted by Crippen LogP contribution is 2.33. The van der Waals surface area contributed by atoms with Crippen LogP contribution in [0.1, 0.15) is 41.3 Å². The number of furan rings is 2. The number of amides is 1. The van der Waals surface area contributed by atoms with E-state index in [0.29, 0.717) is 38.6 Å². The van der Waals surface area contributed by atoms with Gasteiger partial charge in [-0.25, -0.2) is 13.2 Å². The third-order valence-corrected chi connectivity index (χ3v) is 8.45. The summed E-state index contributed by atoms with van der Waals surface area (Å²) in [5, 5.41) is 0.871. The fourth-order valence-corrected chi connectivity index (χ4v) is 6.14. The maximum atomic E-state index is 14.0. The fourth-order valence-electron chi connectivity index (χ4n) is 4.41. The number of aryl methyl sites for hydroxylation is 1. The van der Waals surface area contributed by atoms with E-state index in [2.05, 4.69) is 6.58 Å². The molecule has 4 aromatic rings. The van der Waals surface area contributed by atoms with Crippen LogP contribution in [0.3, 0.4) is 0 Å². The van der Waals surface area contributed by atoms with Crippen LogP contribution >= 0.6 is 11.6 Å². The Kier molecular flexibility index (Phi) is 8.70. The Labute approximate surface area is 237 Å². The van der Waals surface area contributed by atoms with E-state index in [0.717, 1.165) is 0 Å². The quantitative estimate of drug-likeness (QED) is 0.155. The van der Waals surface area contributed by atoms with Crippen molar-refractivity contribution in [2.75, 3.05) is 17.5 Å². The molecule has 0 radical (unpaired) electrons. The highest BCUT2D eigenvalue weighted by atomic mass is 35.5. The van der Waals surface area contributed by atoms with Crippen LogP contribution in [-0.4, -0.2) is 38.3 Å². The van der Waals surface area contributed by atoms with Gasteiger partial charge < -0.3 is 18.5 Å². The van der Waals surface area contributed by atoms with Crippen LogP contribution in [0.5, 0.6) is 0 Å². The molecule has 2 heterocycles. The lowest BCUT2D eigenvalue weighted by molar-refractivity contribution is -0.127. The molecule has 0 unspecified atom stereocenters. The number of anilines is 1. The molecule has 2 aromatic heterocycles. The zero-order valence-corrected chi connectivity index (χ0v) is 23.9. The SMILES string of the molecule is C=CC(=O)N(Cc1ccco1)Cc1cc(Cl)ccc1N(CC)S(=O)(=O)c1ccc2oc(C(=O)OCC)c(C)c2c1. The third kappa shape index (κ3) is 5.78. The summed E-state index contributed by atoms with van der Waals surface area (Å²) in [7, 11) is -4.09. The minimum Gasteiger partial charge on any atom is -0.467 e. The van der Waals surface area contributed by atoms with E-state index in [9.17, 15) is 18.0 Å². The van der Waals surface area contributed by atoms with Crippen LogP contribution in [0.2, 0.25) is 5.02 Å². The van der Waals surface area contributed by atoms with Crippen LogP contribution in [0.15, 0.2) is 81.2 Å². The molecule has 0 fully saturated rings. The molecule has 0 bridgehead atoms. The van der Waals surface area contributed by atoms with Crippen molar-refractivity contribution in [3.05, 3.63) is 95.1 Å². The lowest BCUT2D eigenvalue weighted by atomic mass is 10.1. The minimum atomic E-state index is -4.09. The average Bonchev–Trinajstić information content (AvgIpc) is 3.57. The first kappa shape index (κ1) is 29.0. The number of hydrogen-bond acceptors (Lipinski definition) is 7. The van der Waals surface area contributed by atoms with Crippen LogP contribution in [0.4, 0.5) is 5.69 Å². The second kappa shape index (κ2) is 12.0. The van der Waals surface area contributed by atoms with Gasteiger partial charge in [0.15, 0.2) is 0 Å². The predicted octanol–water partition coefficient (Wildman–Crippen LogP) is 6.09. The Balaban J connectivity index is 1.75. The first-order chi connectivity index (χ1) is 19.1. The second-order valence-corrected chi connectivity index (χ2v) is 11.2. The second-order valence-electron chi connectivity index (χ2n) is 8.86. The summed E-state index contributed by atoms with van der Waals surface area (Å²) in [6.07, 6.45) is 2.70. The number of hydrogen-bond donors (Lipinski definition) is 0. The smallest absolute Gasteiger partial charge is 0.374 e. The number of carbonyl (C=O) groups is 2. The number of esters is 1.